The first-order valence-corrected chi connectivity index (χ1v) is 6.12. The van der Waals surface area contributed by atoms with Crippen LogP contribution < -0.4 is 11.1 Å². The van der Waals surface area contributed by atoms with Gasteiger partial charge in [0.15, 0.2) is 5.54 Å². The van der Waals surface area contributed by atoms with Crippen molar-refractivity contribution >= 4 is 5.91 Å². The van der Waals surface area contributed by atoms with Gasteiger partial charge in [0, 0.05) is 6.04 Å². The minimum Gasteiger partial charge on any atom is -0.351 e. The third kappa shape index (κ3) is 3.37. The molecule has 0 spiro atoms. The monoisotopic (exact) mass is 266 g/mol. The standard InChI is InChI=1S/C12H21F3N2O/c1-10(2)6-4-5-8(7-10)17-9(18)11(3,16)12(13,14)15/h8H,4-7,16H2,1-3H3,(H,17,18). The van der Waals surface area contributed by atoms with Crippen LogP contribution in [0.2, 0.25) is 0 Å². The van der Waals surface area contributed by atoms with E-state index in [9.17, 15) is 18.0 Å². The lowest BCUT2D eigenvalue weighted by molar-refractivity contribution is -0.188. The predicted octanol–water partition coefficient (Wildman–Crippen LogP) is 2.35. The lowest BCUT2D eigenvalue weighted by atomic mass is 9.75. The van der Waals surface area contributed by atoms with Gasteiger partial charge in [-0.1, -0.05) is 20.3 Å². The highest BCUT2D eigenvalue weighted by Gasteiger charge is 2.54. The van der Waals surface area contributed by atoms with E-state index < -0.39 is 17.6 Å². The van der Waals surface area contributed by atoms with Gasteiger partial charge >= 0.3 is 6.18 Å². The summed E-state index contributed by atoms with van der Waals surface area (Å²) in [6.07, 6.45) is -1.40. The summed E-state index contributed by atoms with van der Waals surface area (Å²) in [7, 11) is 0. The summed E-state index contributed by atoms with van der Waals surface area (Å²) < 4.78 is 37.8. The van der Waals surface area contributed by atoms with Crippen LogP contribution in [0, 0.1) is 5.41 Å². The van der Waals surface area contributed by atoms with E-state index in [1.54, 1.807) is 0 Å². The number of nitrogens with two attached hydrogens (primary N) is 1. The van der Waals surface area contributed by atoms with E-state index in [0.29, 0.717) is 19.8 Å². The lowest BCUT2D eigenvalue weighted by Crippen LogP contribution is -2.63. The molecule has 1 amide bonds. The van der Waals surface area contributed by atoms with Crippen molar-refractivity contribution in [3.63, 3.8) is 0 Å². The summed E-state index contributed by atoms with van der Waals surface area (Å²) in [5, 5.41) is 2.44. The van der Waals surface area contributed by atoms with E-state index in [1.165, 1.54) is 0 Å². The van der Waals surface area contributed by atoms with Gasteiger partial charge in [0.1, 0.15) is 0 Å². The van der Waals surface area contributed by atoms with Gasteiger partial charge < -0.3 is 11.1 Å². The fourth-order valence-corrected chi connectivity index (χ4v) is 2.29. The Labute approximate surface area is 105 Å². The SMILES string of the molecule is CC1(C)CCCC(NC(=O)C(C)(N)C(F)(F)F)C1. The van der Waals surface area contributed by atoms with Crippen LogP contribution in [0.25, 0.3) is 0 Å². The first kappa shape index (κ1) is 15.3. The first-order valence-electron chi connectivity index (χ1n) is 6.12. The molecule has 0 aromatic rings. The quantitative estimate of drug-likeness (QED) is 0.806. The molecule has 1 rings (SSSR count). The van der Waals surface area contributed by atoms with Gasteiger partial charge in [-0.3, -0.25) is 4.79 Å². The molecule has 0 heterocycles. The van der Waals surface area contributed by atoms with Gasteiger partial charge in [-0.25, -0.2) is 0 Å². The molecule has 106 valence electrons. The van der Waals surface area contributed by atoms with Crippen molar-refractivity contribution < 1.29 is 18.0 Å². The van der Waals surface area contributed by atoms with Gasteiger partial charge in [-0.15, -0.1) is 0 Å². The van der Waals surface area contributed by atoms with Crippen molar-refractivity contribution in [3.05, 3.63) is 0 Å². The summed E-state index contributed by atoms with van der Waals surface area (Å²) in [6.45, 7) is 4.81. The molecular weight excluding hydrogens is 245 g/mol. The highest BCUT2D eigenvalue weighted by Crippen LogP contribution is 2.35. The lowest BCUT2D eigenvalue weighted by Gasteiger charge is -2.37. The van der Waals surface area contributed by atoms with E-state index in [-0.39, 0.29) is 11.5 Å². The van der Waals surface area contributed by atoms with Crippen molar-refractivity contribution in [1.82, 2.24) is 5.32 Å². The molecule has 3 N–H and O–H groups in total. The minimum atomic E-state index is -4.73. The minimum absolute atomic E-state index is 0.0550. The average molecular weight is 266 g/mol. The third-order valence-corrected chi connectivity index (χ3v) is 3.60. The smallest absolute Gasteiger partial charge is 0.351 e. The second-order valence-corrected chi connectivity index (χ2v) is 6.13. The molecule has 0 aromatic carbocycles. The second kappa shape index (κ2) is 4.72. The zero-order valence-electron chi connectivity index (χ0n) is 11.0. The van der Waals surface area contributed by atoms with Crippen LogP contribution in [0.1, 0.15) is 46.5 Å². The summed E-state index contributed by atoms with van der Waals surface area (Å²) >= 11 is 0. The van der Waals surface area contributed by atoms with Crippen LogP contribution in [0.5, 0.6) is 0 Å². The van der Waals surface area contributed by atoms with E-state index >= 15 is 0 Å². The number of nitrogens with one attached hydrogen (secondary N) is 1. The van der Waals surface area contributed by atoms with Crippen LogP contribution in [-0.2, 0) is 4.79 Å². The molecule has 0 saturated heterocycles. The van der Waals surface area contributed by atoms with E-state index in [1.807, 2.05) is 0 Å². The Morgan fingerprint density at radius 2 is 1.94 bits per heavy atom. The number of carbonyl (C=O) groups excluding carboxylic acids is 1. The zero-order valence-corrected chi connectivity index (χ0v) is 11.0. The highest BCUT2D eigenvalue weighted by atomic mass is 19.4. The topological polar surface area (TPSA) is 55.1 Å². The highest BCUT2D eigenvalue weighted by molar-refractivity contribution is 5.86. The van der Waals surface area contributed by atoms with Gasteiger partial charge in [-0.2, -0.15) is 13.2 Å². The summed E-state index contributed by atoms with van der Waals surface area (Å²) in [5.74, 6) is -1.14. The Hall–Kier alpha value is -0.780. The summed E-state index contributed by atoms with van der Waals surface area (Å²) in [5.41, 5.74) is 2.32. The molecule has 3 nitrogen and oxygen atoms in total. The molecule has 0 radical (unpaired) electrons. The van der Waals surface area contributed by atoms with Crippen LogP contribution >= 0.6 is 0 Å². The molecule has 0 bridgehead atoms. The number of hydrogen-bond donors (Lipinski definition) is 2. The molecule has 0 aliphatic heterocycles. The number of hydrogen-bond acceptors (Lipinski definition) is 2. The maximum absolute atomic E-state index is 12.6. The van der Waals surface area contributed by atoms with Crippen molar-refractivity contribution in [2.24, 2.45) is 11.1 Å². The van der Waals surface area contributed by atoms with Crippen molar-refractivity contribution in [2.45, 2.75) is 64.2 Å². The molecule has 1 saturated carbocycles. The Morgan fingerprint density at radius 3 is 2.39 bits per heavy atom. The molecule has 2 unspecified atom stereocenters. The first-order chi connectivity index (χ1) is 7.96. The number of carbonyl (C=O) groups is 1. The Bertz CT molecular complexity index is 324. The second-order valence-electron chi connectivity index (χ2n) is 6.13. The van der Waals surface area contributed by atoms with Gasteiger partial charge in [-0.05, 0) is 31.6 Å². The van der Waals surface area contributed by atoms with E-state index in [4.69, 9.17) is 5.73 Å². The molecule has 1 aliphatic carbocycles. The number of alkyl halides is 3. The average Bonchev–Trinajstić information content (AvgIpc) is 2.13. The predicted molar refractivity (Wildman–Crippen MR) is 62.8 cm³/mol. The number of amides is 1. The largest absolute Gasteiger partial charge is 0.415 e. The molecule has 0 aromatic heterocycles. The maximum atomic E-state index is 12.6. The van der Waals surface area contributed by atoms with Crippen LogP contribution in [0.15, 0.2) is 0 Å². The molecule has 1 aliphatic rings. The molecular formula is C12H21F3N2O. The van der Waals surface area contributed by atoms with E-state index in [0.717, 1.165) is 12.8 Å². The zero-order chi connectivity index (χ0) is 14.2. The van der Waals surface area contributed by atoms with Crippen molar-refractivity contribution in [1.29, 1.82) is 0 Å². The Morgan fingerprint density at radius 1 is 1.39 bits per heavy atom. The normalized spacial score (nSPS) is 27.4. The van der Waals surface area contributed by atoms with E-state index in [2.05, 4.69) is 19.2 Å². The fourth-order valence-electron chi connectivity index (χ4n) is 2.29. The number of halogens is 3. The summed E-state index contributed by atoms with van der Waals surface area (Å²) in [4.78, 5) is 11.6. The van der Waals surface area contributed by atoms with Gasteiger partial charge in [0.25, 0.3) is 0 Å². The van der Waals surface area contributed by atoms with Gasteiger partial charge in [0.05, 0.1) is 0 Å². The van der Waals surface area contributed by atoms with Gasteiger partial charge in [0.2, 0.25) is 5.91 Å². The van der Waals surface area contributed by atoms with Crippen molar-refractivity contribution in [2.75, 3.05) is 0 Å². The van der Waals surface area contributed by atoms with Crippen LogP contribution in [-0.4, -0.2) is 23.7 Å². The summed E-state index contributed by atoms with van der Waals surface area (Å²) in [6, 6.07) is -0.216. The Balaban J connectivity index is 2.65. The molecule has 18 heavy (non-hydrogen) atoms. The van der Waals surface area contributed by atoms with Crippen LogP contribution in [0.4, 0.5) is 13.2 Å². The molecule has 2 atom stereocenters. The molecule has 6 heteroatoms. The third-order valence-electron chi connectivity index (χ3n) is 3.60. The van der Waals surface area contributed by atoms with Crippen LogP contribution in [0.3, 0.4) is 0 Å². The number of rotatable bonds is 2. The Kier molecular flexibility index (Phi) is 4.00. The molecule has 1 fully saturated rings. The fraction of sp³-hybridized carbons (Fsp3) is 0.917. The van der Waals surface area contributed by atoms with Crippen molar-refractivity contribution in [3.8, 4) is 0 Å². The maximum Gasteiger partial charge on any atom is 0.415 e.